The van der Waals surface area contributed by atoms with E-state index in [0.717, 1.165) is 15.8 Å². The molecule has 0 saturated heterocycles. The van der Waals surface area contributed by atoms with Crippen LogP contribution in [-0.2, 0) is 0 Å². The number of carbonyl (C=O) groups is 1. The van der Waals surface area contributed by atoms with Gasteiger partial charge in [-0.2, -0.15) is 18.3 Å². The van der Waals surface area contributed by atoms with E-state index in [9.17, 15) is 18.0 Å². The topological polar surface area (TPSA) is 59.0 Å². The second-order valence-electron chi connectivity index (χ2n) is 7.34. The molecule has 1 amide bonds. The Balaban J connectivity index is 1.65. The number of nitrogens with zero attached hydrogens (tertiary/aromatic N) is 2. The molecule has 162 valence electrons. The van der Waals surface area contributed by atoms with Crippen LogP contribution in [0.25, 0.3) is 0 Å². The van der Waals surface area contributed by atoms with Gasteiger partial charge in [-0.3, -0.25) is 4.79 Å². The summed E-state index contributed by atoms with van der Waals surface area (Å²) in [5.74, 6) is -0.581. The maximum Gasteiger partial charge on any atom is 0.410 e. The molecule has 10 heteroatoms. The number of hydrogen-bond donors (Lipinski definition) is 2. The summed E-state index contributed by atoms with van der Waals surface area (Å²) in [6.45, 7) is 1.91. The highest BCUT2D eigenvalue weighted by atomic mass is 35.5. The number of carbonyl (C=O) groups excluding carboxylic acids is 1. The average molecular weight is 469 g/mol. The first kappa shape index (κ1) is 21.5. The predicted octanol–water partition coefficient (Wildman–Crippen LogP) is 6.41. The minimum atomic E-state index is -4.53. The van der Waals surface area contributed by atoms with Crippen LogP contribution in [0, 0.1) is 6.92 Å². The van der Waals surface area contributed by atoms with Crippen LogP contribution in [0.15, 0.2) is 48.5 Å². The standard InChI is InChI=1S/C21H17Cl2F3N4O/c1-11-2-4-12(5-3-11)15-9-18(21(24,25)26)30-19(27-15)10-17(29-30)20(31)28-16-8-13(22)6-7-14(16)23/h2-8,10,15,18,27H,9H2,1H3,(H,28,31)/t15-,18+/m1/s1. The monoisotopic (exact) mass is 468 g/mol. The smallest absolute Gasteiger partial charge is 0.363 e. The Labute approximate surface area is 186 Å². The van der Waals surface area contributed by atoms with Gasteiger partial charge < -0.3 is 10.6 Å². The molecule has 0 radical (unpaired) electrons. The molecule has 0 bridgehead atoms. The predicted molar refractivity (Wildman–Crippen MR) is 114 cm³/mol. The van der Waals surface area contributed by atoms with E-state index in [1.54, 1.807) is 18.2 Å². The average Bonchev–Trinajstić information content (AvgIpc) is 3.14. The number of aryl methyl sites for hydroxylation is 1. The molecule has 2 aromatic carbocycles. The number of hydrogen-bond acceptors (Lipinski definition) is 3. The fraction of sp³-hybridized carbons (Fsp3) is 0.238. The molecule has 0 saturated carbocycles. The zero-order valence-electron chi connectivity index (χ0n) is 16.2. The van der Waals surface area contributed by atoms with Gasteiger partial charge in [0.25, 0.3) is 5.91 Å². The highest BCUT2D eigenvalue weighted by Crippen LogP contribution is 2.43. The van der Waals surface area contributed by atoms with Crippen molar-refractivity contribution in [2.24, 2.45) is 0 Å². The van der Waals surface area contributed by atoms with Crippen LogP contribution >= 0.6 is 23.2 Å². The van der Waals surface area contributed by atoms with Gasteiger partial charge in [0.15, 0.2) is 11.7 Å². The number of nitrogens with one attached hydrogen (secondary N) is 2. The van der Waals surface area contributed by atoms with Gasteiger partial charge in [0.2, 0.25) is 0 Å². The van der Waals surface area contributed by atoms with E-state index in [4.69, 9.17) is 23.2 Å². The van der Waals surface area contributed by atoms with Gasteiger partial charge in [0.1, 0.15) is 5.82 Å². The summed E-state index contributed by atoms with van der Waals surface area (Å²) in [5.41, 5.74) is 1.81. The van der Waals surface area contributed by atoms with Crippen molar-refractivity contribution in [3.8, 4) is 0 Å². The molecule has 2 N–H and O–H groups in total. The van der Waals surface area contributed by atoms with Crippen molar-refractivity contribution in [3.05, 3.63) is 75.4 Å². The third kappa shape index (κ3) is 4.50. The van der Waals surface area contributed by atoms with Crippen LogP contribution < -0.4 is 10.6 Å². The Morgan fingerprint density at radius 2 is 1.87 bits per heavy atom. The van der Waals surface area contributed by atoms with Crippen molar-refractivity contribution in [3.63, 3.8) is 0 Å². The van der Waals surface area contributed by atoms with E-state index >= 15 is 0 Å². The molecule has 4 rings (SSSR count). The van der Waals surface area contributed by atoms with Gasteiger partial charge in [0.05, 0.1) is 16.8 Å². The Kier molecular flexibility index (Phi) is 5.61. The molecule has 0 unspecified atom stereocenters. The first-order valence-electron chi connectivity index (χ1n) is 9.37. The number of fused-ring (bicyclic) bond motifs is 1. The molecular weight excluding hydrogens is 452 g/mol. The fourth-order valence-corrected chi connectivity index (χ4v) is 3.82. The number of amides is 1. The van der Waals surface area contributed by atoms with Crippen LogP contribution in [0.4, 0.5) is 24.7 Å². The molecular formula is C21H17Cl2F3N4O. The molecule has 31 heavy (non-hydrogen) atoms. The van der Waals surface area contributed by atoms with Crippen LogP contribution in [0.1, 0.15) is 40.1 Å². The van der Waals surface area contributed by atoms with E-state index in [-0.39, 0.29) is 28.6 Å². The Morgan fingerprint density at radius 1 is 1.16 bits per heavy atom. The Morgan fingerprint density at radius 3 is 2.55 bits per heavy atom. The van der Waals surface area contributed by atoms with Crippen molar-refractivity contribution >= 4 is 40.6 Å². The summed E-state index contributed by atoms with van der Waals surface area (Å²) in [7, 11) is 0. The molecule has 3 aromatic rings. The van der Waals surface area contributed by atoms with E-state index in [2.05, 4.69) is 15.7 Å². The van der Waals surface area contributed by atoms with Crippen molar-refractivity contribution < 1.29 is 18.0 Å². The van der Waals surface area contributed by atoms with Crippen LogP contribution in [0.2, 0.25) is 10.0 Å². The minimum absolute atomic E-state index is 0.112. The third-order valence-corrected chi connectivity index (χ3v) is 5.64. The highest BCUT2D eigenvalue weighted by molar-refractivity contribution is 6.35. The molecule has 1 aliphatic heterocycles. The number of halogens is 5. The fourth-order valence-electron chi connectivity index (χ4n) is 3.48. The van der Waals surface area contributed by atoms with Gasteiger partial charge in [0, 0.05) is 17.5 Å². The molecule has 0 aliphatic carbocycles. The molecule has 2 heterocycles. The quantitative estimate of drug-likeness (QED) is 0.466. The van der Waals surface area contributed by atoms with Crippen LogP contribution in [0.5, 0.6) is 0 Å². The van der Waals surface area contributed by atoms with Crippen LogP contribution in [0.3, 0.4) is 0 Å². The number of anilines is 2. The van der Waals surface area contributed by atoms with Crippen molar-refractivity contribution in [1.29, 1.82) is 0 Å². The first-order valence-corrected chi connectivity index (χ1v) is 10.1. The molecule has 5 nitrogen and oxygen atoms in total. The number of alkyl halides is 3. The minimum Gasteiger partial charge on any atom is -0.363 e. The Hall–Kier alpha value is -2.71. The van der Waals surface area contributed by atoms with Gasteiger partial charge >= 0.3 is 6.18 Å². The van der Waals surface area contributed by atoms with Gasteiger partial charge in [-0.25, -0.2) is 4.68 Å². The van der Waals surface area contributed by atoms with E-state index < -0.39 is 24.2 Å². The van der Waals surface area contributed by atoms with Crippen molar-refractivity contribution in [1.82, 2.24) is 9.78 Å². The van der Waals surface area contributed by atoms with E-state index in [0.29, 0.717) is 5.02 Å². The largest absolute Gasteiger partial charge is 0.410 e. The normalized spacial score (nSPS) is 18.3. The second-order valence-corrected chi connectivity index (χ2v) is 8.18. The number of aromatic nitrogens is 2. The lowest BCUT2D eigenvalue weighted by atomic mass is 9.96. The number of benzene rings is 2. The summed E-state index contributed by atoms with van der Waals surface area (Å²) in [5, 5.41) is 10.1. The van der Waals surface area contributed by atoms with Crippen molar-refractivity contribution in [2.45, 2.75) is 31.6 Å². The summed E-state index contributed by atoms with van der Waals surface area (Å²) < 4.78 is 42.2. The maximum atomic E-state index is 13.8. The summed E-state index contributed by atoms with van der Waals surface area (Å²) in [6.07, 6.45) is -4.78. The summed E-state index contributed by atoms with van der Waals surface area (Å²) in [4.78, 5) is 12.6. The molecule has 0 spiro atoms. The number of rotatable bonds is 3. The summed E-state index contributed by atoms with van der Waals surface area (Å²) >= 11 is 12.0. The van der Waals surface area contributed by atoms with Gasteiger partial charge in [-0.05, 0) is 30.7 Å². The van der Waals surface area contributed by atoms with E-state index in [1.807, 2.05) is 19.1 Å². The molecule has 1 aromatic heterocycles. The lowest BCUT2D eigenvalue weighted by molar-refractivity contribution is -0.173. The van der Waals surface area contributed by atoms with E-state index in [1.165, 1.54) is 18.2 Å². The second kappa shape index (κ2) is 8.09. The van der Waals surface area contributed by atoms with Crippen LogP contribution in [-0.4, -0.2) is 21.9 Å². The zero-order chi connectivity index (χ0) is 22.3. The zero-order valence-corrected chi connectivity index (χ0v) is 17.7. The van der Waals surface area contributed by atoms with Gasteiger partial charge in [-0.15, -0.1) is 0 Å². The highest BCUT2D eigenvalue weighted by Gasteiger charge is 2.46. The molecule has 2 atom stereocenters. The molecule has 1 aliphatic rings. The lowest BCUT2D eigenvalue weighted by Crippen LogP contribution is -2.35. The Bertz CT molecular complexity index is 1130. The third-order valence-electron chi connectivity index (χ3n) is 5.08. The summed E-state index contributed by atoms with van der Waals surface area (Å²) in [6, 6.07) is 10.6. The van der Waals surface area contributed by atoms with Gasteiger partial charge in [-0.1, -0.05) is 53.0 Å². The van der Waals surface area contributed by atoms with Crippen molar-refractivity contribution in [2.75, 3.05) is 10.6 Å². The first-order chi connectivity index (χ1) is 14.6. The SMILES string of the molecule is Cc1ccc([C@H]2C[C@@H](C(F)(F)F)n3nc(C(=O)Nc4cc(Cl)ccc4Cl)cc3N2)cc1. The maximum absolute atomic E-state index is 13.8. The lowest BCUT2D eigenvalue weighted by Gasteiger charge is -2.33. The molecule has 0 fully saturated rings.